The van der Waals surface area contributed by atoms with Crippen LogP contribution in [0.15, 0.2) is 33.4 Å². The van der Waals surface area contributed by atoms with Gasteiger partial charge in [-0.25, -0.2) is 0 Å². The molecule has 0 spiro atoms. The number of thiophene rings is 2. The highest BCUT2D eigenvalue weighted by Crippen LogP contribution is 2.21. The average molecular weight is 359 g/mol. The van der Waals surface area contributed by atoms with E-state index in [-0.39, 0.29) is 18.4 Å². The van der Waals surface area contributed by atoms with Crippen molar-refractivity contribution in [3.05, 3.63) is 43.2 Å². The predicted molar refractivity (Wildman–Crippen MR) is 80.5 cm³/mol. The average Bonchev–Trinajstić information content (AvgIpc) is 3.04. The van der Waals surface area contributed by atoms with Gasteiger partial charge in [-0.05, 0) is 39.5 Å². The molecule has 19 heavy (non-hydrogen) atoms. The lowest BCUT2D eigenvalue weighted by Gasteiger charge is -2.04. The molecule has 0 unspecified atom stereocenters. The zero-order valence-electron chi connectivity index (χ0n) is 9.81. The summed E-state index contributed by atoms with van der Waals surface area (Å²) in [5, 5.41) is 7.29. The van der Waals surface area contributed by atoms with Gasteiger partial charge in [-0.2, -0.15) is 0 Å². The molecule has 2 heterocycles. The molecule has 0 aliphatic rings. The van der Waals surface area contributed by atoms with Crippen molar-refractivity contribution < 1.29 is 9.59 Å². The van der Waals surface area contributed by atoms with E-state index in [4.69, 9.17) is 0 Å². The lowest BCUT2D eigenvalue weighted by molar-refractivity contribution is -0.120. The Labute approximate surface area is 127 Å². The van der Waals surface area contributed by atoms with Crippen LogP contribution in [0.5, 0.6) is 0 Å². The highest BCUT2D eigenvalue weighted by atomic mass is 79.9. The van der Waals surface area contributed by atoms with E-state index in [1.54, 1.807) is 23.5 Å². The predicted octanol–water partition coefficient (Wildman–Crippen LogP) is 2.62. The topological polar surface area (TPSA) is 58.2 Å². The maximum Gasteiger partial charge on any atom is 0.261 e. The van der Waals surface area contributed by atoms with E-state index in [0.29, 0.717) is 11.4 Å². The number of hydrogen-bond donors (Lipinski definition) is 2. The van der Waals surface area contributed by atoms with E-state index in [9.17, 15) is 9.59 Å². The quantitative estimate of drug-likeness (QED) is 0.862. The third-order valence-corrected chi connectivity index (χ3v) is 4.75. The normalized spacial score (nSPS) is 10.2. The van der Waals surface area contributed by atoms with Gasteiger partial charge in [-0.1, -0.05) is 6.07 Å². The summed E-state index contributed by atoms with van der Waals surface area (Å²) >= 11 is 6.20. The molecule has 0 bridgehead atoms. The summed E-state index contributed by atoms with van der Waals surface area (Å²) in [5.74, 6) is -0.431. The van der Waals surface area contributed by atoms with Crippen LogP contribution in [0.25, 0.3) is 0 Å². The van der Waals surface area contributed by atoms with E-state index in [1.165, 1.54) is 11.3 Å². The van der Waals surface area contributed by atoms with Crippen LogP contribution in [0.2, 0.25) is 0 Å². The van der Waals surface area contributed by atoms with Gasteiger partial charge in [0.1, 0.15) is 0 Å². The van der Waals surface area contributed by atoms with Gasteiger partial charge in [-0.3, -0.25) is 9.59 Å². The van der Waals surface area contributed by atoms with Gasteiger partial charge in [0, 0.05) is 4.88 Å². The van der Waals surface area contributed by atoms with Crippen LogP contribution < -0.4 is 10.6 Å². The van der Waals surface area contributed by atoms with Crippen molar-refractivity contribution >= 4 is 50.4 Å². The fourth-order valence-corrected chi connectivity index (χ4v) is 3.29. The molecule has 2 rings (SSSR count). The Kier molecular flexibility index (Phi) is 5.12. The lowest BCUT2D eigenvalue weighted by atomic mass is 10.4. The molecule has 0 saturated heterocycles. The molecule has 2 aromatic heterocycles. The molecule has 0 fully saturated rings. The molecule has 2 aromatic rings. The molecule has 2 amide bonds. The minimum absolute atomic E-state index is 0.0142. The van der Waals surface area contributed by atoms with Crippen LogP contribution in [0, 0.1) is 0 Å². The second kappa shape index (κ2) is 6.83. The SMILES string of the molecule is O=C(CNC(=O)c1ccc(Br)s1)NCc1cccs1. The second-order valence-electron chi connectivity index (χ2n) is 3.64. The molecular formula is C12H11BrN2O2S2. The Morgan fingerprint density at radius 2 is 2.05 bits per heavy atom. The molecule has 0 saturated carbocycles. The Bertz CT molecular complexity index is 566. The highest BCUT2D eigenvalue weighted by molar-refractivity contribution is 9.11. The fourth-order valence-electron chi connectivity index (χ4n) is 1.35. The maximum absolute atomic E-state index is 11.7. The zero-order valence-corrected chi connectivity index (χ0v) is 13.0. The van der Waals surface area contributed by atoms with Crippen molar-refractivity contribution in [1.29, 1.82) is 0 Å². The van der Waals surface area contributed by atoms with Gasteiger partial charge in [0.15, 0.2) is 0 Å². The number of amides is 2. The molecule has 0 aromatic carbocycles. The van der Waals surface area contributed by atoms with Crippen LogP contribution in [0.3, 0.4) is 0 Å². The van der Waals surface area contributed by atoms with Crippen molar-refractivity contribution in [3.8, 4) is 0 Å². The molecule has 0 aliphatic carbocycles. The van der Waals surface area contributed by atoms with Crippen molar-refractivity contribution in [1.82, 2.24) is 10.6 Å². The lowest BCUT2D eigenvalue weighted by Crippen LogP contribution is -2.36. The van der Waals surface area contributed by atoms with Crippen LogP contribution in [0.1, 0.15) is 14.5 Å². The first kappa shape index (κ1) is 14.2. The van der Waals surface area contributed by atoms with Crippen LogP contribution in [0.4, 0.5) is 0 Å². The number of carbonyl (C=O) groups excluding carboxylic acids is 2. The standard InChI is InChI=1S/C12H11BrN2O2S2/c13-10-4-3-9(19-10)12(17)15-7-11(16)14-6-8-2-1-5-18-8/h1-5H,6-7H2,(H,14,16)(H,15,17). The first-order valence-corrected chi connectivity index (χ1v) is 7.96. The molecule has 4 nitrogen and oxygen atoms in total. The first-order valence-electron chi connectivity index (χ1n) is 5.48. The molecule has 7 heteroatoms. The van der Waals surface area contributed by atoms with Gasteiger partial charge >= 0.3 is 0 Å². The summed E-state index contributed by atoms with van der Waals surface area (Å²) in [4.78, 5) is 24.9. The Morgan fingerprint density at radius 1 is 1.21 bits per heavy atom. The fraction of sp³-hybridized carbons (Fsp3) is 0.167. The van der Waals surface area contributed by atoms with Gasteiger partial charge in [-0.15, -0.1) is 22.7 Å². The smallest absolute Gasteiger partial charge is 0.261 e. The van der Waals surface area contributed by atoms with E-state index in [2.05, 4.69) is 26.6 Å². The van der Waals surface area contributed by atoms with E-state index in [1.807, 2.05) is 17.5 Å². The van der Waals surface area contributed by atoms with Gasteiger partial charge in [0.2, 0.25) is 5.91 Å². The summed E-state index contributed by atoms with van der Waals surface area (Å²) < 4.78 is 0.889. The number of nitrogens with one attached hydrogen (secondary N) is 2. The van der Waals surface area contributed by atoms with E-state index >= 15 is 0 Å². The largest absolute Gasteiger partial charge is 0.350 e. The highest BCUT2D eigenvalue weighted by Gasteiger charge is 2.10. The third kappa shape index (κ3) is 4.45. The summed E-state index contributed by atoms with van der Waals surface area (Å²) in [7, 11) is 0. The monoisotopic (exact) mass is 358 g/mol. The Balaban J connectivity index is 1.73. The summed E-state index contributed by atoms with van der Waals surface area (Å²) in [6.45, 7) is 0.483. The van der Waals surface area contributed by atoms with Gasteiger partial charge in [0.25, 0.3) is 5.91 Å². The molecular weight excluding hydrogens is 348 g/mol. The molecule has 0 radical (unpaired) electrons. The van der Waals surface area contributed by atoms with Crippen molar-refractivity contribution in [2.75, 3.05) is 6.54 Å². The van der Waals surface area contributed by atoms with Crippen LogP contribution >= 0.6 is 38.6 Å². The van der Waals surface area contributed by atoms with Crippen LogP contribution in [-0.4, -0.2) is 18.4 Å². The Morgan fingerprint density at radius 3 is 2.68 bits per heavy atom. The third-order valence-electron chi connectivity index (χ3n) is 2.25. The molecule has 100 valence electrons. The summed E-state index contributed by atoms with van der Waals surface area (Å²) in [6.07, 6.45) is 0. The van der Waals surface area contributed by atoms with E-state index in [0.717, 1.165) is 8.66 Å². The molecule has 2 N–H and O–H groups in total. The zero-order chi connectivity index (χ0) is 13.7. The number of rotatable bonds is 5. The first-order chi connectivity index (χ1) is 9.15. The minimum atomic E-state index is -0.234. The van der Waals surface area contributed by atoms with Crippen molar-refractivity contribution in [2.24, 2.45) is 0 Å². The number of hydrogen-bond acceptors (Lipinski definition) is 4. The number of halogens is 1. The number of carbonyl (C=O) groups is 2. The van der Waals surface area contributed by atoms with Crippen molar-refractivity contribution in [3.63, 3.8) is 0 Å². The molecule has 0 aliphatic heterocycles. The Hall–Kier alpha value is -1.18. The second-order valence-corrected chi connectivity index (χ2v) is 7.14. The molecule has 0 atom stereocenters. The van der Waals surface area contributed by atoms with Crippen LogP contribution in [-0.2, 0) is 11.3 Å². The maximum atomic E-state index is 11.7. The van der Waals surface area contributed by atoms with Gasteiger partial charge in [0.05, 0.1) is 21.8 Å². The van der Waals surface area contributed by atoms with Gasteiger partial charge < -0.3 is 10.6 Å². The summed E-state index contributed by atoms with van der Waals surface area (Å²) in [5.41, 5.74) is 0. The summed E-state index contributed by atoms with van der Waals surface area (Å²) in [6, 6.07) is 7.40. The minimum Gasteiger partial charge on any atom is -0.350 e. The van der Waals surface area contributed by atoms with E-state index < -0.39 is 0 Å². The van der Waals surface area contributed by atoms with Crippen molar-refractivity contribution in [2.45, 2.75) is 6.54 Å².